The van der Waals surface area contributed by atoms with Gasteiger partial charge in [0.15, 0.2) is 0 Å². The Morgan fingerprint density at radius 2 is 1.89 bits per heavy atom. The van der Waals surface area contributed by atoms with E-state index in [1.54, 1.807) is 6.07 Å². The number of hydrogen-bond donors (Lipinski definition) is 1. The van der Waals surface area contributed by atoms with Crippen LogP contribution in [0, 0.1) is 5.82 Å². The van der Waals surface area contributed by atoms with Crippen molar-refractivity contribution < 1.29 is 9.50 Å². The van der Waals surface area contributed by atoms with Crippen LogP contribution in [0.25, 0.3) is 0 Å². The van der Waals surface area contributed by atoms with E-state index in [2.05, 4.69) is 34.7 Å². The Bertz CT molecular complexity index is 419. The maximum Gasteiger partial charge on any atom is 0.137 e. The summed E-state index contributed by atoms with van der Waals surface area (Å²) in [5.41, 5.74) is 0.534. The van der Waals surface area contributed by atoms with Crippen molar-refractivity contribution in [3.05, 3.63) is 34.1 Å². The summed E-state index contributed by atoms with van der Waals surface area (Å²) < 4.78 is 14.0. The van der Waals surface area contributed by atoms with Crippen LogP contribution >= 0.6 is 15.9 Å². The monoisotopic (exact) mass is 331 g/mol. The number of aliphatic hydroxyl groups excluding tert-OH is 1. The summed E-state index contributed by atoms with van der Waals surface area (Å²) in [6.07, 6.45) is 1.61. The van der Waals surface area contributed by atoms with Crippen molar-refractivity contribution in [1.29, 1.82) is 0 Å². The molecule has 1 aromatic rings. The smallest absolute Gasteiger partial charge is 0.137 e. The fraction of sp³-hybridized carbons (Fsp3) is 0.600. The molecule has 0 radical (unpaired) electrons. The Morgan fingerprint density at radius 3 is 2.37 bits per heavy atom. The van der Waals surface area contributed by atoms with E-state index in [4.69, 9.17) is 0 Å². The molecule has 0 heterocycles. The average molecular weight is 332 g/mol. The molecule has 0 aliphatic carbocycles. The van der Waals surface area contributed by atoms with Crippen LogP contribution in [-0.2, 0) is 6.42 Å². The maximum atomic E-state index is 13.5. The molecule has 19 heavy (non-hydrogen) atoms. The highest BCUT2D eigenvalue weighted by Crippen LogP contribution is 2.30. The van der Waals surface area contributed by atoms with Crippen LogP contribution in [0.3, 0.4) is 0 Å². The number of benzene rings is 1. The van der Waals surface area contributed by atoms with Gasteiger partial charge in [-0.05, 0) is 54.5 Å². The van der Waals surface area contributed by atoms with Crippen molar-refractivity contribution in [3.8, 4) is 0 Å². The Labute approximate surface area is 123 Å². The van der Waals surface area contributed by atoms with Gasteiger partial charge in [0, 0.05) is 12.0 Å². The SMILES string of the molecule is CCC(CC)(C(O)Cc1cccc(F)c1Br)N(C)C. The van der Waals surface area contributed by atoms with Crippen LogP contribution < -0.4 is 0 Å². The number of halogens is 2. The summed E-state index contributed by atoms with van der Waals surface area (Å²) >= 11 is 3.26. The van der Waals surface area contributed by atoms with Gasteiger partial charge >= 0.3 is 0 Å². The fourth-order valence-electron chi connectivity index (χ4n) is 2.76. The lowest BCUT2D eigenvalue weighted by atomic mass is 9.82. The van der Waals surface area contributed by atoms with Gasteiger partial charge in [0.1, 0.15) is 5.82 Å². The van der Waals surface area contributed by atoms with Crippen LogP contribution in [0.5, 0.6) is 0 Å². The first-order valence-corrected chi connectivity index (χ1v) is 7.46. The van der Waals surface area contributed by atoms with Crippen LogP contribution in [0.2, 0.25) is 0 Å². The molecule has 1 aromatic carbocycles. The molecule has 0 aromatic heterocycles. The van der Waals surface area contributed by atoms with E-state index < -0.39 is 6.10 Å². The van der Waals surface area contributed by atoms with E-state index in [1.807, 2.05) is 20.2 Å². The zero-order chi connectivity index (χ0) is 14.6. The Hall–Kier alpha value is -0.450. The second kappa shape index (κ2) is 6.82. The van der Waals surface area contributed by atoms with Gasteiger partial charge in [-0.1, -0.05) is 26.0 Å². The Balaban J connectivity index is 3.00. The van der Waals surface area contributed by atoms with Crippen LogP contribution in [-0.4, -0.2) is 35.7 Å². The molecule has 0 spiro atoms. The van der Waals surface area contributed by atoms with Crippen LogP contribution in [0.4, 0.5) is 4.39 Å². The molecule has 1 unspecified atom stereocenters. The zero-order valence-corrected chi connectivity index (χ0v) is 13.7. The molecule has 0 fully saturated rings. The number of nitrogens with zero attached hydrogens (tertiary/aromatic N) is 1. The van der Waals surface area contributed by atoms with E-state index in [1.165, 1.54) is 6.07 Å². The average Bonchev–Trinajstić information content (AvgIpc) is 2.36. The topological polar surface area (TPSA) is 23.5 Å². The first-order chi connectivity index (χ1) is 8.89. The minimum atomic E-state index is -0.532. The van der Waals surface area contributed by atoms with Gasteiger partial charge in [-0.25, -0.2) is 4.39 Å². The summed E-state index contributed by atoms with van der Waals surface area (Å²) in [5.74, 6) is -0.284. The molecular weight excluding hydrogens is 309 g/mol. The standard InChI is InChI=1S/C15H23BrFNO/c1-5-15(6-2,18(3)4)13(19)10-11-8-7-9-12(17)14(11)16/h7-9,13,19H,5-6,10H2,1-4H3. The quantitative estimate of drug-likeness (QED) is 0.860. The molecule has 1 N–H and O–H groups in total. The highest BCUT2D eigenvalue weighted by molar-refractivity contribution is 9.10. The van der Waals surface area contributed by atoms with Crippen molar-refractivity contribution in [3.63, 3.8) is 0 Å². The van der Waals surface area contributed by atoms with Crippen molar-refractivity contribution in [2.75, 3.05) is 14.1 Å². The van der Waals surface area contributed by atoms with Crippen molar-refractivity contribution >= 4 is 15.9 Å². The first-order valence-electron chi connectivity index (χ1n) is 6.67. The van der Waals surface area contributed by atoms with Gasteiger partial charge < -0.3 is 10.0 Å². The van der Waals surface area contributed by atoms with Gasteiger partial charge in [-0.3, -0.25) is 0 Å². The molecule has 0 aliphatic rings. The predicted octanol–water partition coefficient (Wildman–Crippen LogP) is 3.61. The molecule has 2 nitrogen and oxygen atoms in total. The predicted molar refractivity (Wildman–Crippen MR) is 80.8 cm³/mol. The summed E-state index contributed by atoms with van der Waals surface area (Å²) in [5, 5.41) is 10.6. The molecule has 0 bridgehead atoms. The van der Waals surface area contributed by atoms with E-state index in [0.717, 1.165) is 18.4 Å². The lowest BCUT2D eigenvalue weighted by molar-refractivity contribution is -0.0126. The molecule has 1 atom stereocenters. The molecule has 4 heteroatoms. The third-order valence-electron chi connectivity index (χ3n) is 4.18. The number of likely N-dealkylation sites (N-methyl/N-ethyl adjacent to an activating group) is 1. The lowest BCUT2D eigenvalue weighted by Crippen LogP contribution is -2.53. The fourth-order valence-corrected chi connectivity index (χ4v) is 3.18. The number of rotatable bonds is 6. The first kappa shape index (κ1) is 16.6. The lowest BCUT2D eigenvalue weighted by Gasteiger charge is -2.42. The second-order valence-corrected chi connectivity index (χ2v) is 5.93. The van der Waals surface area contributed by atoms with Crippen molar-refractivity contribution in [2.45, 2.75) is 44.8 Å². The van der Waals surface area contributed by atoms with Gasteiger partial charge in [-0.15, -0.1) is 0 Å². The van der Waals surface area contributed by atoms with E-state index in [0.29, 0.717) is 10.9 Å². The van der Waals surface area contributed by atoms with Crippen LogP contribution in [0.15, 0.2) is 22.7 Å². The number of aliphatic hydroxyl groups is 1. The molecule has 108 valence electrons. The molecular formula is C15H23BrFNO. The summed E-state index contributed by atoms with van der Waals surface area (Å²) in [6.45, 7) is 4.15. The zero-order valence-electron chi connectivity index (χ0n) is 12.1. The maximum absolute atomic E-state index is 13.5. The minimum Gasteiger partial charge on any atom is -0.391 e. The van der Waals surface area contributed by atoms with E-state index in [9.17, 15) is 9.50 Å². The van der Waals surface area contributed by atoms with Crippen molar-refractivity contribution in [2.24, 2.45) is 0 Å². The van der Waals surface area contributed by atoms with Crippen LogP contribution in [0.1, 0.15) is 32.3 Å². The second-order valence-electron chi connectivity index (χ2n) is 5.14. The molecule has 0 saturated heterocycles. The van der Waals surface area contributed by atoms with Gasteiger partial charge in [0.2, 0.25) is 0 Å². The summed E-state index contributed by atoms with van der Waals surface area (Å²) in [6, 6.07) is 4.94. The summed E-state index contributed by atoms with van der Waals surface area (Å²) in [7, 11) is 3.97. The normalized spacial score (nSPS) is 13.9. The highest BCUT2D eigenvalue weighted by atomic mass is 79.9. The third kappa shape index (κ3) is 3.36. The third-order valence-corrected chi connectivity index (χ3v) is 5.07. The molecule has 0 aliphatic heterocycles. The van der Waals surface area contributed by atoms with E-state index >= 15 is 0 Å². The molecule has 0 amide bonds. The van der Waals surface area contributed by atoms with Crippen molar-refractivity contribution in [1.82, 2.24) is 4.90 Å². The minimum absolute atomic E-state index is 0.272. The van der Waals surface area contributed by atoms with Gasteiger partial charge in [0.25, 0.3) is 0 Å². The summed E-state index contributed by atoms with van der Waals surface area (Å²) in [4.78, 5) is 2.07. The highest BCUT2D eigenvalue weighted by Gasteiger charge is 2.36. The molecule has 0 saturated carbocycles. The van der Waals surface area contributed by atoms with Gasteiger partial charge in [0.05, 0.1) is 10.6 Å². The Morgan fingerprint density at radius 1 is 1.32 bits per heavy atom. The van der Waals surface area contributed by atoms with E-state index in [-0.39, 0.29) is 11.4 Å². The Kier molecular flexibility index (Phi) is 5.96. The number of hydrogen-bond acceptors (Lipinski definition) is 2. The van der Waals surface area contributed by atoms with Gasteiger partial charge in [-0.2, -0.15) is 0 Å². The largest absolute Gasteiger partial charge is 0.391 e. The molecule has 1 rings (SSSR count).